The second kappa shape index (κ2) is 4.60. The van der Waals surface area contributed by atoms with Gasteiger partial charge in [0.25, 0.3) is 5.91 Å². The van der Waals surface area contributed by atoms with Crippen molar-refractivity contribution in [3.8, 4) is 0 Å². The number of nitrogens with zero attached hydrogens (tertiary/aromatic N) is 2. The number of pyridine rings is 1. The number of aliphatic hydroxyl groups excluding tert-OH is 2. The van der Waals surface area contributed by atoms with Gasteiger partial charge in [-0.05, 0) is 13.0 Å². The van der Waals surface area contributed by atoms with Crippen LogP contribution < -0.4 is 0 Å². The van der Waals surface area contributed by atoms with Crippen LogP contribution in [0.25, 0.3) is 0 Å². The Bertz CT molecular complexity index is 442. The van der Waals surface area contributed by atoms with Gasteiger partial charge in [-0.3, -0.25) is 9.78 Å². The largest absolute Gasteiger partial charge is 0.388 e. The molecule has 1 aliphatic rings. The molecule has 1 aliphatic heterocycles. The first-order chi connectivity index (χ1) is 7.99. The Kier molecular flexibility index (Phi) is 3.33. The third-order valence-corrected chi connectivity index (χ3v) is 3.08. The highest BCUT2D eigenvalue weighted by Gasteiger charge is 2.33. The van der Waals surface area contributed by atoms with Gasteiger partial charge in [-0.2, -0.15) is 0 Å². The van der Waals surface area contributed by atoms with E-state index in [4.69, 9.17) is 11.6 Å². The Morgan fingerprint density at radius 1 is 1.47 bits per heavy atom. The van der Waals surface area contributed by atoms with E-state index in [0.29, 0.717) is 10.6 Å². The van der Waals surface area contributed by atoms with Crippen molar-refractivity contribution in [1.29, 1.82) is 0 Å². The van der Waals surface area contributed by atoms with Gasteiger partial charge in [0.1, 0.15) is 0 Å². The summed E-state index contributed by atoms with van der Waals surface area (Å²) in [5, 5.41) is 19.1. The van der Waals surface area contributed by atoms with Crippen LogP contribution >= 0.6 is 11.6 Å². The van der Waals surface area contributed by atoms with Gasteiger partial charge in [0.2, 0.25) is 0 Å². The number of carbonyl (C=O) groups is 1. The Morgan fingerprint density at radius 2 is 2.06 bits per heavy atom. The Morgan fingerprint density at radius 3 is 2.59 bits per heavy atom. The molecule has 0 bridgehead atoms. The molecule has 2 rings (SSSR count). The topological polar surface area (TPSA) is 73.7 Å². The molecule has 1 saturated heterocycles. The molecule has 0 aromatic carbocycles. The van der Waals surface area contributed by atoms with Crippen LogP contribution in [0.15, 0.2) is 12.3 Å². The van der Waals surface area contributed by atoms with E-state index in [1.165, 1.54) is 11.1 Å². The van der Waals surface area contributed by atoms with Gasteiger partial charge in [0.05, 0.1) is 22.8 Å². The average Bonchev–Trinajstić information content (AvgIpc) is 2.58. The summed E-state index contributed by atoms with van der Waals surface area (Å²) in [5.41, 5.74) is 1.02. The number of aliphatic hydroxyl groups is 2. The van der Waals surface area contributed by atoms with E-state index >= 15 is 0 Å². The van der Waals surface area contributed by atoms with Crippen molar-refractivity contribution in [1.82, 2.24) is 9.88 Å². The summed E-state index contributed by atoms with van der Waals surface area (Å²) in [4.78, 5) is 17.4. The molecule has 5 nitrogen and oxygen atoms in total. The SMILES string of the molecule is Cc1cc(Cl)c(C(=O)N2C[C@@H](O)[C@@H](O)C2)cn1. The molecule has 1 aromatic rings. The number of carbonyl (C=O) groups excluding carboxylic acids is 1. The zero-order chi connectivity index (χ0) is 12.6. The third kappa shape index (κ3) is 2.41. The summed E-state index contributed by atoms with van der Waals surface area (Å²) < 4.78 is 0. The minimum Gasteiger partial charge on any atom is -0.388 e. The Labute approximate surface area is 104 Å². The molecule has 1 aromatic heterocycles. The minimum absolute atomic E-state index is 0.115. The quantitative estimate of drug-likeness (QED) is 0.754. The molecule has 17 heavy (non-hydrogen) atoms. The fourth-order valence-corrected chi connectivity index (χ4v) is 2.08. The summed E-state index contributed by atoms with van der Waals surface area (Å²) in [6.45, 7) is 2.01. The van der Waals surface area contributed by atoms with Crippen molar-refractivity contribution in [2.45, 2.75) is 19.1 Å². The number of amides is 1. The molecule has 0 saturated carbocycles. The summed E-state index contributed by atoms with van der Waals surface area (Å²) in [7, 11) is 0. The van der Waals surface area contributed by atoms with Gasteiger partial charge < -0.3 is 15.1 Å². The van der Waals surface area contributed by atoms with Crippen molar-refractivity contribution in [3.05, 3.63) is 28.5 Å². The molecular formula is C11H13ClN2O3. The smallest absolute Gasteiger partial charge is 0.257 e. The van der Waals surface area contributed by atoms with Crippen molar-refractivity contribution < 1.29 is 15.0 Å². The number of halogens is 1. The van der Waals surface area contributed by atoms with Gasteiger partial charge in [-0.25, -0.2) is 0 Å². The van der Waals surface area contributed by atoms with Crippen LogP contribution in [-0.2, 0) is 0 Å². The van der Waals surface area contributed by atoms with Crippen molar-refractivity contribution >= 4 is 17.5 Å². The summed E-state index contributed by atoms with van der Waals surface area (Å²) in [6, 6.07) is 1.61. The Balaban J connectivity index is 2.20. The molecule has 1 amide bonds. The van der Waals surface area contributed by atoms with Crippen molar-refractivity contribution in [2.24, 2.45) is 0 Å². The lowest BCUT2D eigenvalue weighted by Crippen LogP contribution is -2.30. The standard InChI is InChI=1S/C11H13ClN2O3/c1-6-2-8(12)7(3-13-6)11(17)14-4-9(15)10(16)5-14/h2-3,9-10,15-16H,4-5H2,1H3/t9-,10+. The number of aromatic nitrogens is 1. The molecule has 2 N–H and O–H groups in total. The summed E-state index contributed by atoms with van der Waals surface area (Å²) in [6.07, 6.45) is -0.371. The minimum atomic E-state index is -0.892. The molecule has 0 aliphatic carbocycles. The number of hydrogen-bond donors (Lipinski definition) is 2. The van der Waals surface area contributed by atoms with E-state index in [0.717, 1.165) is 5.69 Å². The highest BCUT2D eigenvalue weighted by atomic mass is 35.5. The monoisotopic (exact) mass is 256 g/mol. The molecule has 6 heteroatoms. The average molecular weight is 257 g/mol. The zero-order valence-electron chi connectivity index (χ0n) is 9.30. The molecular weight excluding hydrogens is 244 g/mol. The van der Waals surface area contributed by atoms with Crippen molar-refractivity contribution in [3.63, 3.8) is 0 Å². The van der Waals surface area contributed by atoms with Crippen LogP contribution in [-0.4, -0.2) is 51.3 Å². The number of hydrogen-bond acceptors (Lipinski definition) is 4. The number of likely N-dealkylation sites (tertiary alicyclic amines) is 1. The molecule has 1 fully saturated rings. The van der Waals surface area contributed by atoms with Crippen LogP contribution in [0.5, 0.6) is 0 Å². The van der Waals surface area contributed by atoms with Gasteiger partial charge in [0, 0.05) is 25.0 Å². The maximum Gasteiger partial charge on any atom is 0.257 e. The van der Waals surface area contributed by atoms with Crippen LogP contribution in [0, 0.1) is 6.92 Å². The molecule has 0 unspecified atom stereocenters. The first-order valence-corrected chi connectivity index (χ1v) is 5.64. The summed E-state index contributed by atoms with van der Waals surface area (Å²) >= 11 is 5.96. The highest BCUT2D eigenvalue weighted by molar-refractivity contribution is 6.33. The van der Waals surface area contributed by atoms with Gasteiger partial charge >= 0.3 is 0 Å². The van der Waals surface area contributed by atoms with Crippen LogP contribution in [0.4, 0.5) is 0 Å². The van der Waals surface area contributed by atoms with Crippen LogP contribution in [0.1, 0.15) is 16.1 Å². The summed E-state index contributed by atoms with van der Waals surface area (Å²) in [5.74, 6) is -0.321. The number of aryl methyl sites for hydroxylation is 1. The van der Waals surface area contributed by atoms with Crippen LogP contribution in [0.2, 0.25) is 5.02 Å². The number of β-amino-alcohol motifs (C(OH)–C–C–N with tert-alkyl or cyclic N) is 2. The maximum atomic E-state index is 12.0. The molecule has 92 valence electrons. The van der Waals surface area contributed by atoms with E-state index in [1.807, 2.05) is 0 Å². The zero-order valence-corrected chi connectivity index (χ0v) is 10.1. The fourth-order valence-electron chi connectivity index (χ4n) is 1.79. The molecule has 2 atom stereocenters. The predicted octanol–water partition coefficient (Wildman–Crippen LogP) is 0.221. The lowest BCUT2D eigenvalue weighted by molar-refractivity contribution is 0.0572. The highest BCUT2D eigenvalue weighted by Crippen LogP contribution is 2.20. The molecule has 2 heterocycles. The van der Waals surface area contributed by atoms with Crippen molar-refractivity contribution in [2.75, 3.05) is 13.1 Å². The van der Waals surface area contributed by atoms with Crippen LogP contribution in [0.3, 0.4) is 0 Å². The predicted molar refractivity (Wildman–Crippen MR) is 61.9 cm³/mol. The van der Waals surface area contributed by atoms with Gasteiger partial charge in [-0.1, -0.05) is 11.6 Å². The van der Waals surface area contributed by atoms with E-state index in [1.54, 1.807) is 13.0 Å². The maximum absolute atomic E-state index is 12.0. The normalized spacial score (nSPS) is 24.1. The van der Waals surface area contributed by atoms with E-state index in [9.17, 15) is 15.0 Å². The van der Waals surface area contributed by atoms with E-state index < -0.39 is 12.2 Å². The second-order valence-corrected chi connectivity index (χ2v) is 4.56. The fraction of sp³-hybridized carbons (Fsp3) is 0.455. The molecule has 0 spiro atoms. The Hall–Kier alpha value is -1.17. The molecule has 0 radical (unpaired) electrons. The second-order valence-electron chi connectivity index (χ2n) is 4.15. The first kappa shape index (κ1) is 12.3. The third-order valence-electron chi connectivity index (χ3n) is 2.77. The first-order valence-electron chi connectivity index (χ1n) is 5.26. The van der Waals surface area contributed by atoms with Gasteiger partial charge in [-0.15, -0.1) is 0 Å². The van der Waals surface area contributed by atoms with E-state index in [-0.39, 0.29) is 19.0 Å². The lowest BCUT2D eigenvalue weighted by Gasteiger charge is -2.15. The lowest BCUT2D eigenvalue weighted by atomic mass is 10.2. The van der Waals surface area contributed by atoms with Gasteiger partial charge in [0.15, 0.2) is 0 Å². The number of rotatable bonds is 1. The van der Waals surface area contributed by atoms with E-state index in [2.05, 4.69) is 4.98 Å².